The van der Waals surface area contributed by atoms with Gasteiger partial charge in [-0.15, -0.1) is 0 Å². The second-order valence-corrected chi connectivity index (χ2v) is 12.4. The van der Waals surface area contributed by atoms with Crippen molar-refractivity contribution in [3.05, 3.63) is 60.7 Å². The molecule has 0 aliphatic carbocycles. The summed E-state index contributed by atoms with van der Waals surface area (Å²) in [6.45, 7) is 7.40. The average Bonchev–Trinajstić information content (AvgIpc) is 2.63. The Kier molecular flexibility index (Phi) is 5.63. The van der Waals surface area contributed by atoms with Gasteiger partial charge in [-0.1, -0.05) is 81.4 Å². The quantitative estimate of drug-likeness (QED) is 0.824. The Hall–Kier alpha value is -1.91. The van der Waals surface area contributed by atoms with E-state index in [4.69, 9.17) is 4.43 Å². The molecule has 1 fully saturated rings. The van der Waals surface area contributed by atoms with E-state index in [1.165, 1.54) is 10.4 Å². The summed E-state index contributed by atoms with van der Waals surface area (Å²) in [6.07, 6.45) is 2.57. The highest BCUT2D eigenvalue weighted by atomic mass is 28.4. The summed E-state index contributed by atoms with van der Waals surface area (Å²) >= 11 is 0. The van der Waals surface area contributed by atoms with Crippen LogP contribution in [0, 0.1) is 0 Å². The largest absolute Gasteiger partial charge is 0.405 e. The van der Waals surface area contributed by atoms with Crippen molar-refractivity contribution >= 4 is 24.6 Å². The van der Waals surface area contributed by atoms with Crippen molar-refractivity contribution in [2.45, 2.75) is 51.1 Å². The van der Waals surface area contributed by atoms with Gasteiger partial charge in [0.15, 0.2) is 0 Å². The lowest BCUT2D eigenvalue weighted by Crippen LogP contribution is -2.67. The average molecular weight is 368 g/mol. The van der Waals surface area contributed by atoms with Crippen molar-refractivity contribution in [1.29, 1.82) is 0 Å². The molecule has 1 aliphatic heterocycles. The first kappa shape index (κ1) is 18.9. The zero-order chi connectivity index (χ0) is 18.6. The first-order valence-corrected chi connectivity index (χ1v) is 11.4. The molecular weight excluding hydrogens is 338 g/mol. The minimum atomic E-state index is -2.51. The van der Waals surface area contributed by atoms with Crippen LogP contribution in [0.15, 0.2) is 60.7 Å². The van der Waals surface area contributed by atoms with Gasteiger partial charge in [-0.2, -0.15) is 0 Å². The summed E-state index contributed by atoms with van der Waals surface area (Å²) in [5.74, 6) is 0.146. The Morgan fingerprint density at radius 2 is 1.54 bits per heavy atom. The Morgan fingerprint density at radius 3 is 2.00 bits per heavy atom. The topological polar surface area (TPSA) is 38.3 Å². The maximum Gasteiger partial charge on any atom is 0.261 e. The molecule has 4 heteroatoms. The Morgan fingerprint density at radius 1 is 1.00 bits per heavy atom. The Bertz CT molecular complexity index is 685. The molecule has 3 nitrogen and oxygen atoms in total. The van der Waals surface area contributed by atoms with Crippen LogP contribution in [-0.4, -0.2) is 26.9 Å². The number of hydrogen-bond acceptors (Lipinski definition) is 2. The molecule has 2 aromatic rings. The van der Waals surface area contributed by atoms with Gasteiger partial charge in [0.05, 0.1) is 12.6 Å². The zero-order valence-corrected chi connectivity index (χ0v) is 17.0. The van der Waals surface area contributed by atoms with Crippen molar-refractivity contribution in [3.8, 4) is 0 Å². The van der Waals surface area contributed by atoms with Gasteiger partial charge >= 0.3 is 0 Å². The molecule has 1 amide bonds. The first-order chi connectivity index (χ1) is 12.4. The minimum Gasteiger partial charge on any atom is -0.405 e. The molecule has 0 bridgehead atoms. The third kappa shape index (κ3) is 3.76. The van der Waals surface area contributed by atoms with Crippen LogP contribution in [0.1, 0.15) is 40.0 Å². The summed E-state index contributed by atoms with van der Waals surface area (Å²) in [5.41, 5.74) is 0. The van der Waals surface area contributed by atoms with Crippen molar-refractivity contribution in [2.75, 3.05) is 6.61 Å². The molecule has 0 radical (unpaired) electrons. The number of piperidine rings is 1. The molecule has 1 atom stereocenters. The number of carbonyl (C=O) groups excluding carboxylic acids is 1. The molecule has 0 saturated carbocycles. The molecular formula is C22H29NO2Si. The number of rotatable bonds is 5. The third-order valence-corrected chi connectivity index (χ3v) is 10.2. The van der Waals surface area contributed by atoms with E-state index in [0.29, 0.717) is 13.0 Å². The molecule has 1 aliphatic rings. The van der Waals surface area contributed by atoms with Gasteiger partial charge in [-0.25, -0.2) is 0 Å². The van der Waals surface area contributed by atoms with Crippen LogP contribution in [0.3, 0.4) is 0 Å². The van der Waals surface area contributed by atoms with Crippen LogP contribution in [0.5, 0.6) is 0 Å². The summed E-state index contributed by atoms with van der Waals surface area (Å²) in [7, 11) is -2.51. The molecule has 0 unspecified atom stereocenters. The second-order valence-electron chi connectivity index (χ2n) is 8.13. The standard InChI is InChI=1S/C22H29NO2Si/c1-22(2,3)26(19-12-6-4-7-13-19,20-14-8-5-9-15-20)25-17-18-11-10-16-21(24)23-18/h4-9,12-15,18H,10-11,16-17H2,1-3H3,(H,23,24)/t18-/m1/s1. The number of amides is 1. The van der Waals surface area contributed by atoms with Gasteiger partial charge < -0.3 is 9.74 Å². The maximum atomic E-state index is 11.8. The van der Waals surface area contributed by atoms with Crippen LogP contribution in [-0.2, 0) is 9.22 Å². The number of carbonyl (C=O) groups is 1. The van der Waals surface area contributed by atoms with Gasteiger partial charge in [0.1, 0.15) is 0 Å². The molecule has 1 heterocycles. The summed E-state index contributed by atoms with van der Waals surface area (Å²) in [4.78, 5) is 11.8. The smallest absolute Gasteiger partial charge is 0.261 e. The molecule has 2 aromatic carbocycles. The predicted molar refractivity (Wildman–Crippen MR) is 109 cm³/mol. The SMILES string of the molecule is CC(C)(C)[Si](OC[C@H]1CCCC(=O)N1)(c1ccccc1)c1ccccc1. The Labute approximate surface area is 157 Å². The second kappa shape index (κ2) is 7.76. The molecule has 1 saturated heterocycles. The molecule has 3 rings (SSSR count). The van der Waals surface area contributed by atoms with Crippen molar-refractivity contribution in [1.82, 2.24) is 5.32 Å². The van der Waals surface area contributed by atoms with E-state index in [2.05, 4.69) is 86.8 Å². The maximum absolute atomic E-state index is 11.8. The van der Waals surface area contributed by atoms with E-state index < -0.39 is 8.32 Å². The van der Waals surface area contributed by atoms with Gasteiger partial charge in [-0.05, 0) is 28.3 Å². The fraction of sp³-hybridized carbons (Fsp3) is 0.409. The van der Waals surface area contributed by atoms with Crippen molar-refractivity contribution < 1.29 is 9.22 Å². The van der Waals surface area contributed by atoms with Crippen LogP contribution >= 0.6 is 0 Å². The van der Waals surface area contributed by atoms with Crippen molar-refractivity contribution in [2.24, 2.45) is 0 Å². The van der Waals surface area contributed by atoms with E-state index in [1.54, 1.807) is 0 Å². The fourth-order valence-corrected chi connectivity index (χ4v) is 8.60. The fourth-order valence-electron chi connectivity index (χ4n) is 3.99. The lowest BCUT2D eigenvalue weighted by molar-refractivity contribution is -0.123. The lowest BCUT2D eigenvalue weighted by Gasteiger charge is -2.44. The summed E-state index contributed by atoms with van der Waals surface area (Å²) in [5, 5.41) is 5.63. The third-order valence-electron chi connectivity index (χ3n) is 5.24. The number of hydrogen-bond donors (Lipinski definition) is 1. The normalized spacial score (nSPS) is 18.4. The van der Waals surface area contributed by atoms with Gasteiger partial charge in [0.2, 0.25) is 5.91 Å². The minimum absolute atomic E-state index is 0.0334. The van der Waals surface area contributed by atoms with Crippen LogP contribution in [0.25, 0.3) is 0 Å². The first-order valence-electron chi connectivity index (χ1n) is 9.48. The highest BCUT2D eigenvalue weighted by Crippen LogP contribution is 2.36. The monoisotopic (exact) mass is 367 g/mol. The van der Waals surface area contributed by atoms with E-state index in [0.717, 1.165) is 12.8 Å². The highest BCUT2D eigenvalue weighted by Gasteiger charge is 2.50. The molecule has 26 heavy (non-hydrogen) atoms. The zero-order valence-electron chi connectivity index (χ0n) is 16.0. The van der Waals surface area contributed by atoms with Gasteiger partial charge in [-0.3, -0.25) is 4.79 Å². The van der Waals surface area contributed by atoms with Crippen LogP contribution < -0.4 is 15.7 Å². The number of benzene rings is 2. The summed E-state index contributed by atoms with van der Waals surface area (Å²) < 4.78 is 6.88. The molecule has 1 N–H and O–H groups in total. The lowest BCUT2D eigenvalue weighted by atomic mass is 10.1. The molecule has 138 valence electrons. The molecule has 0 spiro atoms. The van der Waals surface area contributed by atoms with E-state index in [-0.39, 0.29) is 17.0 Å². The number of nitrogens with one attached hydrogen (secondary N) is 1. The highest BCUT2D eigenvalue weighted by molar-refractivity contribution is 6.99. The van der Waals surface area contributed by atoms with Crippen LogP contribution in [0.2, 0.25) is 5.04 Å². The van der Waals surface area contributed by atoms with E-state index in [1.807, 2.05) is 0 Å². The summed E-state index contributed by atoms with van der Waals surface area (Å²) in [6, 6.07) is 21.4. The van der Waals surface area contributed by atoms with E-state index in [9.17, 15) is 4.79 Å². The Balaban J connectivity index is 2.01. The van der Waals surface area contributed by atoms with Gasteiger partial charge in [0, 0.05) is 6.42 Å². The van der Waals surface area contributed by atoms with Crippen molar-refractivity contribution in [3.63, 3.8) is 0 Å². The van der Waals surface area contributed by atoms with Gasteiger partial charge in [0.25, 0.3) is 8.32 Å². The molecule has 0 aromatic heterocycles. The predicted octanol–water partition coefficient (Wildman–Crippen LogP) is 3.23. The van der Waals surface area contributed by atoms with Crippen LogP contribution in [0.4, 0.5) is 0 Å². The van der Waals surface area contributed by atoms with E-state index >= 15 is 0 Å².